The first-order valence-corrected chi connectivity index (χ1v) is 25.3. The number of sulfonamides is 2. The largest absolute Gasteiger partial charge is 0.453 e. The molecule has 26 heteroatoms. The molecule has 0 heterocycles. The standard InChI is InChI=1S/C6H14N2O.C5H12N2O.C5H11NO2.C5H11NO.C4H11NO2S.C4H9NO2.C4H9NO.C4H11N.C3H9NO2S.C3H9N/c1-5-8(4)6(9)7(2)3;1-6(2)5(8)7(3)4;1-4-6(2)5(7)8-3;1-4-6(3)5(2)7;1-4-5(2)8(3,6)7;1-5(2)4(6)7-3;1-4(6)5(2)3;1-4-5(2)3;1-4(2)7(3,5)6;1-4(2)3/h5H2,1-4H3;1-4H3;4H2,1-3H3;4H2,1-3H3;4H2,1-3H3;1-3H3;1-3H3;4H2,1-3H3;1-3H3;1-3H3. The first-order valence-electron chi connectivity index (χ1n) is 21.6. The van der Waals surface area contributed by atoms with Crippen molar-refractivity contribution in [3.05, 3.63) is 0 Å². The summed E-state index contributed by atoms with van der Waals surface area (Å²) in [4.78, 5) is 79.1. The molecule has 0 aliphatic rings. The molecule has 0 unspecified atom stereocenters. The van der Waals surface area contributed by atoms with E-state index in [9.17, 15) is 45.6 Å². The Morgan fingerprint density at radius 3 is 0.667 bits per heavy atom. The van der Waals surface area contributed by atoms with Crippen LogP contribution in [0.2, 0.25) is 0 Å². The number of amides is 8. The zero-order chi connectivity index (χ0) is 58.3. The molecular weight excluding hydrogens is 941 g/mol. The Kier molecular flexibility index (Phi) is 67.6. The van der Waals surface area contributed by atoms with E-state index in [0.29, 0.717) is 13.1 Å². The van der Waals surface area contributed by atoms with Gasteiger partial charge in [-0.2, -0.15) is 0 Å². The van der Waals surface area contributed by atoms with E-state index < -0.39 is 20.0 Å². The van der Waals surface area contributed by atoms with Crippen LogP contribution < -0.4 is 0 Å². The molecule has 0 saturated heterocycles. The maximum atomic E-state index is 10.9. The molecule has 24 nitrogen and oxygen atoms in total. The van der Waals surface area contributed by atoms with Crippen LogP contribution >= 0.6 is 0 Å². The number of ether oxygens (including phenoxy) is 2. The van der Waals surface area contributed by atoms with Crippen LogP contribution in [0.5, 0.6) is 0 Å². The number of hydrogen-bond acceptors (Lipinski definition) is 14. The summed E-state index contributed by atoms with van der Waals surface area (Å²) in [5.74, 6) is 0.220. The number of rotatable bonds is 7. The van der Waals surface area contributed by atoms with Gasteiger partial charge in [0.15, 0.2) is 0 Å². The van der Waals surface area contributed by atoms with Gasteiger partial charge >= 0.3 is 24.2 Å². The van der Waals surface area contributed by atoms with Gasteiger partial charge < -0.3 is 58.5 Å². The topological polar surface area (TPSA) is 228 Å². The Bertz CT molecular complexity index is 1470. The molecule has 0 aromatic rings. The van der Waals surface area contributed by atoms with Crippen LogP contribution in [-0.4, -0.2) is 318 Å². The number of nitrogens with zero attached hydrogens (tertiary/aromatic N) is 12. The molecule has 0 spiro atoms. The number of methoxy groups -OCH3 is 2. The molecule has 0 atom stereocenters. The molecule has 0 fully saturated rings. The van der Waals surface area contributed by atoms with Gasteiger partial charge in [-0.1, -0.05) is 13.8 Å². The lowest BCUT2D eigenvalue weighted by atomic mass is 10.6. The van der Waals surface area contributed by atoms with Crippen LogP contribution in [0, 0.1) is 0 Å². The van der Waals surface area contributed by atoms with Crippen molar-refractivity contribution in [1.82, 2.24) is 57.6 Å². The van der Waals surface area contributed by atoms with Crippen molar-refractivity contribution in [2.45, 2.75) is 48.5 Å². The van der Waals surface area contributed by atoms with E-state index in [1.54, 1.807) is 127 Å². The van der Waals surface area contributed by atoms with E-state index in [-0.39, 0.29) is 36.1 Å². The monoisotopic (exact) mass is 1050 g/mol. The summed E-state index contributed by atoms with van der Waals surface area (Å²) < 4.78 is 52.6. The zero-order valence-electron chi connectivity index (χ0n) is 49.6. The molecule has 422 valence electrons. The first kappa shape index (κ1) is 87.8. The molecule has 0 aromatic heterocycles. The summed E-state index contributed by atoms with van der Waals surface area (Å²) in [5.41, 5.74) is 0. The fraction of sp³-hybridized carbons (Fsp3) is 0.860. The molecule has 69 heavy (non-hydrogen) atoms. The van der Waals surface area contributed by atoms with Crippen molar-refractivity contribution in [3.63, 3.8) is 0 Å². The minimum absolute atomic E-state index is 0.0185. The van der Waals surface area contributed by atoms with Crippen LogP contribution in [0.25, 0.3) is 0 Å². The molecule has 8 amide bonds. The van der Waals surface area contributed by atoms with Gasteiger partial charge in [-0.15, -0.1) is 0 Å². The number of carbonyl (C=O) groups excluding carboxylic acids is 6. The Morgan fingerprint density at radius 2 is 0.638 bits per heavy atom. The zero-order valence-corrected chi connectivity index (χ0v) is 51.3. The van der Waals surface area contributed by atoms with E-state index in [0.717, 1.165) is 30.2 Å². The van der Waals surface area contributed by atoms with Crippen molar-refractivity contribution in [3.8, 4) is 0 Å². The van der Waals surface area contributed by atoms with Crippen molar-refractivity contribution in [1.29, 1.82) is 0 Å². The molecule has 0 radical (unpaired) electrons. The highest BCUT2D eigenvalue weighted by molar-refractivity contribution is 7.88. The minimum Gasteiger partial charge on any atom is -0.453 e. The van der Waals surface area contributed by atoms with Crippen LogP contribution in [0.15, 0.2) is 0 Å². The van der Waals surface area contributed by atoms with Gasteiger partial charge in [-0.05, 0) is 62.6 Å². The highest BCUT2D eigenvalue weighted by Crippen LogP contribution is 1.90. The lowest BCUT2D eigenvalue weighted by Gasteiger charge is -2.19. The Labute approximate surface area is 423 Å². The second kappa shape index (κ2) is 53.1. The third-order valence-electron chi connectivity index (χ3n) is 7.40. The molecule has 0 N–H and O–H groups in total. The maximum absolute atomic E-state index is 10.9. The molecule has 0 aromatic carbocycles. The van der Waals surface area contributed by atoms with E-state index >= 15 is 0 Å². The van der Waals surface area contributed by atoms with Crippen molar-refractivity contribution >= 4 is 56.1 Å². The Hall–Kier alpha value is -4.24. The van der Waals surface area contributed by atoms with Gasteiger partial charge in [0.05, 0.1) is 26.7 Å². The number of urea groups is 2. The predicted octanol–water partition coefficient (Wildman–Crippen LogP) is 2.60. The van der Waals surface area contributed by atoms with Crippen LogP contribution in [0.3, 0.4) is 0 Å². The molecular formula is C43H106N12O12S2. The van der Waals surface area contributed by atoms with Gasteiger partial charge in [0.2, 0.25) is 31.9 Å². The normalized spacial score (nSPS) is 9.39. The molecule has 0 aliphatic heterocycles. The van der Waals surface area contributed by atoms with E-state index in [1.165, 1.54) is 70.3 Å². The van der Waals surface area contributed by atoms with E-state index in [2.05, 4.69) is 35.4 Å². The second-order valence-electron chi connectivity index (χ2n) is 16.0. The number of carbonyl (C=O) groups is 6. The van der Waals surface area contributed by atoms with Crippen LogP contribution in [0.4, 0.5) is 19.2 Å². The van der Waals surface area contributed by atoms with Crippen molar-refractivity contribution < 1.29 is 55.1 Å². The predicted molar refractivity (Wildman–Crippen MR) is 286 cm³/mol. The quantitative estimate of drug-likeness (QED) is 0.357. The van der Waals surface area contributed by atoms with Crippen LogP contribution in [-0.2, 0) is 39.1 Å². The summed E-state index contributed by atoms with van der Waals surface area (Å²) in [7, 11) is 33.9. The summed E-state index contributed by atoms with van der Waals surface area (Å²) in [6.45, 7) is 16.7. The first-order chi connectivity index (χ1) is 30.8. The fourth-order valence-electron chi connectivity index (χ4n) is 1.80. The fourth-order valence-corrected chi connectivity index (χ4v) is 2.27. The van der Waals surface area contributed by atoms with Gasteiger partial charge in [-0.25, -0.2) is 44.6 Å². The van der Waals surface area contributed by atoms with Crippen LogP contribution in [0.1, 0.15) is 48.5 Å². The average molecular weight is 1050 g/mol. The Balaban J connectivity index is -0.0000000705. The Morgan fingerprint density at radius 1 is 0.377 bits per heavy atom. The van der Waals surface area contributed by atoms with Crippen molar-refractivity contribution in [2.24, 2.45) is 0 Å². The average Bonchev–Trinajstić information content (AvgIpc) is 3.24. The molecule has 0 saturated carbocycles. The highest BCUT2D eigenvalue weighted by Gasteiger charge is 2.07. The van der Waals surface area contributed by atoms with Gasteiger partial charge in [0.1, 0.15) is 0 Å². The smallest absolute Gasteiger partial charge is 0.409 e. The highest BCUT2D eigenvalue weighted by atomic mass is 32.2. The van der Waals surface area contributed by atoms with E-state index in [1.807, 2.05) is 46.8 Å². The molecule has 0 bridgehead atoms. The summed E-state index contributed by atoms with van der Waals surface area (Å²) in [6.07, 6.45) is 1.75. The van der Waals surface area contributed by atoms with Crippen molar-refractivity contribution in [2.75, 3.05) is 207 Å². The SMILES string of the molecule is CC(=O)N(C)C.CCN(C)C.CCN(C)C(=O)N(C)C.CCN(C)C(=O)OC.CCN(C)C(C)=O.CCN(C)S(C)(=O)=O.CN(C)C.CN(C)C(=O)N(C)C.CN(C)S(C)(=O)=O.COC(=O)N(C)C. The van der Waals surface area contributed by atoms with Gasteiger partial charge in [0.25, 0.3) is 0 Å². The third kappa shape index (κ3) is 84.1. The summed E-state index contributed by atoms with van der Waals surface area (Å²) in [6, 6.07) is 0.0718. The summed E-state index contributed by atoms with van der Waals surface area (Å²) >= 11 is 0. The van der Waals surface area contributed by atoms with Gasteiger partial charge in [-0.3, -0.25) is 9.59 Å². The minimum atomic E-state index is -2.92. The third-order valence-corrected chi connectivity index (χ3v) is 10.1. The lowest BCUT2D eigenvalue weighted by Crippen LogP contribution is -2.35. The molecule has 0 aliphatic carbocycles. The van der Waals surface area contributed by atoms with Gasteiger partial charge in [0, 0.05) is 153 Å². The maximum Gasteiger partial charge on any atom is 0.409 e. The molecule has 0 rings (SSSR count). The number of hydrogen-bond donors (Lipinski definition) is 0. The summed E-state index contributed by atoms with van der Waals surface area (Å²) in [5, 5.41) is 0. The second-order valence-corrected chi connectivity index (χ2v) is 20.3. The van der Waals surface area contributed by atoms with E-state index in [4.69, 9.17) is 0 Å². The lowest BCUT2D eigenvalue weighted by molar-refractivity contribution is -0.127.